The summed E-state index contributed by atoms with van der Waals surface area (Å²) in [4.78, 5) is 42.6. The molecule has 1 aliphatic heterocycles. The quantitative estimate of drug-likeness (QED) is 0.350. The molecule has 1 N–H and O–H groups in total. The molecule has 10 heteroatoms. The minimum absolute atomic E-state index is 0.0358. The van der Waals surface area contributed by atoms with E-state index in [0.717, 1.165) is 16.8 Å². The Hall–Kier alpha value is -3.66. The van der Waals surface area contributed by atoms with Crippen molar-refractivity contribution < 1.29 is 19.2 Å². The second kappa shape index (κ2) is 10.3. The number of amidine groups is 1. The third kappa shape index (κ3) is 5.40. The number of nitrogens with zero attached hydrogens (tertiary/aromatic N) is 3. The van der Waals surface area contributed by atoms with E-state index in [9.17, 15) is 19.7 Å². The molecular weight excluding hydrogens is 444 g/mol. The van der Waals surface area contributed by atoms with E-state index in [1.165, 1.54) is 42.0 Å². The number of aliphatic imine (C=N–C) groups is 1. The summed E-state index contributed by atoms with van der Waals surface area (Å²) in [6.07, 6.45) is 1.44. The van der Waals surface area contributed by atoms with Gasteiger partial charge in [0.2, 0.25) is 11.8 Å². The molecule has 0 bridgehead atoms. The molecule has 0 aromatic heterocycles. The van der Waals surface area contributed by atoms with Crippen molar-refractivity contribution in [3.8, 4) is 5.75 Å². The van der Waals surface area contributed by atoms with Crippen LogP contribution in [0.1, 0.15) is 17.5 Å². The fraction of sp³-hybridized carbons (Fsp3) is 0.261. The average Bonchev–Trinajstić information content (AvgIpc) is 3.05. The van der Waals surface area contributed by atoms with Crippen LogP contribution in [0.15, 0.2) is 54.0 Å². The van der Waals surface area contributed by atoms with Crippen LogP contribution < -0.4 is 10.1 Å². The number of benzene rings is 2. The van der Waals surface area contributed by atoms with Gasteiger partial charge in [0, 0.05) is 13.0 Å². The number of nitro groups is 1. The Morgan fingerprint density at radius 3 is 2.64 bits per heavy atom. The maximum absolute atomic E-state index is 13.0. The smallest absolute Gasteiger partial charge is 0.296 e. The predicted octanol–water partition coefficient (Wildman–Crippen LogP) is 4.37. The summed E-state index contributed by atoms with van der Waals surface area (Å²) in [5.41, 5.74) is 2.47. The van der Waals surface area contributed by atoms with Gasteiger partial charge in [-0.1, -0.05) is 36.0 Å². The lowest BCUT2D eigenvalue weighted by atomic mass is 10.1. The van der Waals surface area contributed by atoms with Crippen LogP contribution in [0.4, 0.5) is 17.1 Å². The van der Waals surface area contributed by atoms with Gasteiger partial charge < -0.3 is 10.1 Å². The minimum Gasteiger partial charge on any atom is -0.496 e. The van der Waals surface area contributed by atoms with E-state index in [1.54, 1.807) is 6.08 Å². The molecule has 33 heavy (non-hydrogen) atoms. The van der Waals surface area contributed by atoms with Crippen LogP contribution >= 0.6 is 11.8 Å². The van der Waals surface area contributed by atoms with E-state index in [4.69, 9.17) is 9.73 Å². The first-order chi connectivity index (χ1) is 15.7. The molecular formula is C23H24N4O5S. The first kappa shape index (κ1) is 24.0. The van der Waals surface area contributed by atoms with Gasteiger partial charge >= 0.3 is 0 Å². The highest BCUT2D eigenvalue weighted by Gasteiger charge is 2.39. The van der Waals surface area contributed by atoms with Gasteiger partial charge in [0.1, 0.15) is 16.7 Å². The number of amides is 2. The highest BCUT2D eigenvalue weighted by Crippen LogP contribution is 2.34. The predicted molar refractivity (Wildman–Crippen MR) is 129 cm³/mol. The van der Waals surface area contributed by atoms with Crippen LogP contribution in [0.5, 0.6) is 5.75 Å². The fourth-order valence-electron chi connectivity index (χ4n) is 3.36. The van der Waals surface area contributed by atoms with Gasteiger partial charge in [0.05, 0.1) is 23.8 Å². The summed E-state index contributed by atoms with van der Waals surface area (Å²) >= 11 is 1.20. The zero-order valence-corrected chi connectivity index (χ0v) is 19.3. The number of aryl methyl sites for hydroxylation is 2. The molecule has 0 saturated carbocycles. The van der Waals surface area contributed by atoms with E-state index in [-0.39, 0.29) is 30.2 Å². The van der Waals surface area contributed by atoms with Crippen molar-refractivity contribution in [3.63, 3.8) is 0 Å². The number of hydrogen-bond acceptors (Lipinski definition) is 7. The average molecular weight is 469 g/mol. The van der Waals surface area contributed by atoms with E-state index >= 15 is 0 Å². The van der Waals surface area contributed by atoms with Crippen molar-refractivity contribution in [2.75, 3.05) is 19.0 Å². The maximum atomic E-state index is 13.0. The van der Waals surface area contributed by atoms with E-state index < -0.39 is 16.1 Å². The maximum Gasteiger partial charge on any atom is 0.296 e. The molecule has 1 heterocycles. The molecule has 1 saturated heterocycles. The number of hydrogen-bond donors (Lipinski definition) is 1. The van der Waals surface area contributed by atoms with E-state index in [2.05, 4.69) is 11.9 Å². The highest BCUT2D eigenvalue weighted by molar-refractivity contribution is 8.15. The van der Waals surface area contributed by atoms with Gasteiger partial charge in [-0.05, 0) is 37.1 Å². The number of nitrogens with one attached hydrogen (secondary N) is 1. The number of para-hydroxylation sites is 1. The van der Waals surface area contributed by atoms with Crippen LogP contribution in [-0.2, 0) is 9.59 Å². The summed E-state index contributed by atoms with van der Waals surface area (Å²) in [7, 11) is 1.40. The molecule has 2 aromatic carbocycles. The fourth-order valence-corrected chi connectivity index (χ4v) is 4.52. The van der Waals surface area contributed by atoms with Gasteiger partial charge in [0.25, 0.3) is 5.69 Å². The molecule has 9 nitrogen and oxygen atoms in total. The van der Waals surface area contributed by atoms with Crippen LogP contribution in [-0.4, -0.2) is 45.7 Å². The van der Waals surface area contributed by atoms with Crippen molar-refractivity contribution in [1.29, 1.82) is 0 Å². The van der Waals surface area contributed by atoms with Crippen LogP contribution in [0.25, 0.3) is 0 Å². The molecule has 1 atom stereocenters. The number of anilines is 1. The molecule has 2 aromatic rings. The van der Waals surface area contributed by atoms with Crippen LogP contribution in [0.3, 0.4) is 0 Å². The zero-order chi connectivity index (χ0) is 24.1. The Morgan fingerprint density at radius 1 is 1.33 bits per heavy atom. The third-order valence-corrected chi connectivity index (χ3v) is 6.20. The molecule has 1 unspecified atom stereocenters. The number of carbonyl (C=O) groups excluding carboxylic acids is 2. The summed E-state index contributed by atoms with van der Waals surface area (Å²) in [6.45, 7) is 7.85. The molecule has 0 radical (unpaired) electrons. The Labute approximate surface area is 195 Å². The number of nitro benzene ring substituents is 1. The van der Waals surface area contributed by atoms with Gasteiger partial charge in [-0.15, -0.1) is 6.58 Å². The number of methoxy groups -OCH3 is 1. The zero-order valence-electron chi connectivity index (χ0n) is 18.5. The lowest BCUT2D eigenvalue weighted by Gasteiger charge is -2.14. The monoisotopic (exact) mass is 468 g/mol. The van der Waals surface area contributed by atoms with Crippen molar-refractivity contribution in [1.82, 2.24) is 4.90 Å². The normalized spacial score (nSPS) is 16.7. The van der Waals surface area contributed by atoms with Gasteiger partial charge in [-0.2, -0.15) is 0 Å². The molecule has 2 amide bonds. The molecule has 3 rings (SSSR count). The minimum atomic E-state index is -0.703. The standard InChI is InChI=1S/C23H24N4O5S/c1-5-11-26-22(29)19(33-23(26)25-21-14(2)7-6-8-15(21)3)13-20(28)24-17-10-9-16(32-4)12-18(17)27(30)31/h5-10,12,19H,1,11,13H2,2-4H3,(H,24,28). The first-order valence-electron chi connectivity index (χ1n) is 10.1. The van der Waals surface area contributed by atoms with Crippen molar-refractivity contribution in [3.05, 3.63) is 70.3 Å². The van der Waals surface area contributed by atoms with Crippen LogP contribution in [0, 0.1) is 24.0 Å². The second-order valence-corrected chi connectivity index (χ2v) is 8.54. The Morgan fingerprint density at radius 2 is 2.03 bits per heavy atom. The second-order valence-electron chi connectivity index (χ2n) is 7.37. The van der Waals surface area contributed by atoms with Crippen molar-refractivity contribution >= 4 is 45.8 Å². The lowest BCUT2D eigenvalue weighted by molar-refractivity contribution is -0.384. The largest absolute Gasteiger partial charge is 0.496 e. The molecule has 0 spiro atoms. The van der Waals surface area contributed by atoms with E-state index in [0.29, 0.717) is 10.9 Å². The van der Waals surface area contributed by atoms with Gasteiger partial charge in [-0.3, -0.25) is 24.6 Å². The number of rotatable bonds is 8. The topological polar surface area (TPSA) is 114 Å². The highest BCUT2D eigenvalue weighted by atomic mass is 32.2. The third-order valence-electron chi connectivity index (χ3n) is 5.03. The van der Waals surface area contributed by atoms with Gasteiger partial charge in [0.15, 0.2) is 5.17 Å². The van der Waals surface area contributed by atoms with E-state index in [1.807, 2.05) is 32.0 Å². The summed E-state index contributed by atoms with van der Waals surface area (Å²) in [5, 5.41) is 13.7. The lowest BCUT2D eigenvalue weighted by Crippen LogP contribution is -2.33. The van der Waals surface area contributed by atoms with Crippen LogP contribution in [0.2, 0.25) is 0 Å². The number of thioether (sulfide) groups is 1. The Bertz CT molecular complexity index is 1130. The summed E-state index contributed by atoms with van der Waals surface area (Å²) in [6, 6.07) is 9.97. The van der Waals surface area contributed by atoms with Crippen molar-refractivity contribution in [2.45, 2.75) is 25.5 Å². The van der Waals surface area contributed by atoms with Gasteiger partial charge in [-0.25, -0.2) is 4.99 Å². The molecule has 172 valence electrons. The Kier molecular flexibility index (Phi) is 7.49. The molecule has 1 aliphatic rings. The summed E-state index contributed by atoms with van der Waals surface area (Å²) in [5.74, 6) is -0.473. The summed E-state index contributed by atoms with van der Waals surface area (Å²) < 4.78 is 5.01. The Balaban J connectivity index is 1.81. The van der Waals surface area contributed by atoms with Crippen molar-refractivity contribution in [2.24, 2.45) is 4.99 Å². The SMILES string of the molecule is C=CCN1C(=O)C(CC(=O)Nc2ccc(OC)cc2[N+](=O)[O-])SC1=Nc1c(C)cccc1C. The number of carbonyl (C=O) groups is 2. The molecule has 1 fully saturated rings. The molecule has 0 aliphatic carbocycles. The first-order valence-corrected chi connectivity index (χ1v) is 11.0. The number of ether oxygens (including phenoxy) is 1.